The molecule has 0 heterocycles. The first kappa shape index (κ1) is 18.1. The number of rotatable bonds is 3. The van der Waals surface area contributed by atoms with Crippen molar-refractivity contribution in [2.45, 2.75) is 45.4 Å². The lowest BCUT2D eigenvalue weighted by molar-refractivity contribution is 0.428. The molecule has 0 fully saturated rings. The van der Waals surface area contributed by atoms with Crippen molar-refractivity contribution in [1.82, 2.24) is 0 Å². The maximum Gasteiger partial charge on any atom is 0.127 e. The molecule has 5 heteroatoms. The van der Waals surface area contributed by atoms with Gasteiger partial charge in [0.1, 0.15) is 20.8 Å². The van der Waals surface area contributed by atoms with Crippen LogP contribution in [-0.4, -0.2) is 0 Å². The molecule has 0 amide bonds. The number of allylic oxidation sites excluding steroid dienone is 2. The molecule has 1 aromatic rings. The van der Waals surface area contributed by atoms with E-state index in [0.29, 0.717) is 10.9 Å². The Morgan fingerprint density at radius 2 is 2.15 bits per heavy atom. The van der Waals surface area contributed by atoms with E-state index in [-0.39, 0.29) is 5.82 Å². The van der Waals surface area contributed by atoms with Gasteiger partial charge < -0.3 is 4.18 Å². The number of benzene rings is 1. The minimum absolute atomic E-state index is 0.282. The molecule has 2 rings (SSSR count). The Morgan fingerprint density at radius 3 is 2.65 bits per heavy atom. The van der Waals surface area contributed by atoms with Gasteiger partial charge in [-0.25, -0.2) is 4.39 Å². The maximum absolute atomic E-state index is 13.0. The van der Waals surface area contributed by atoms with Crippen LogP contribution in [-0.2, 0) is 4.18 Å². The van der Waals surface area contributed by atoms with E-state index in [2.05, 4.69) is 41.1 Å². The summed E-state index contributed by atoms with van der Waals surface area (Å²) < 4.78 is 18.3. The molecule has 0 aromatic heterocycles. The van der Waals surface area contributed by atoms with Gasteiger partial charge in [0.05, 0.1) is 0 Å². The summed E-state index contributed by atoms with van der Waals surface area (Å²) in [7, 11) is 1.34. The fourth-order valence-electron chi connectivity index (χ4n) is 2.04. The van der Waals surface area contributed by atoms with E-state index in [1.54, 1.807) is 6.07 Å². The average molecular weight is 429 g/mol. The lowest BCUT2D eigenvalue weighted by Gasteiger charge is -2.22. The summed E-state index contributed by atoms with van der Waals surface area (Å²) in [6, 6.07) is 4.64. The van der Waals surface area contributed by atoms with Gasteiger partial charge in [-0.1, -0.05) is 37.9 Å². The minimum atomic E-state index is -0.282. The van der Waals surface area contributed by atoms with Gasteiger partial charge in [0.15, 0.2) is 0 Å². The van der Waals surface area contributed by atoms with Crippen molar-refractivity contribution in [2.24, 2.45) is 0 Å². The van der Waals surface area contributed by atoms with Crippen molar-refractivity contribution in [2.75, 3.05) is 0 Å². The SMILES string of the molecule is CCC.Fc1ccc(C2CC=C(OSI)CC2)c(Cl)c1. The highest BCUT2D eigenvalue weighted by Crippen LogP contribution is 2.37. The predicted molar refractivity (Wildman–Crippen MR) is 94.7 cm³/mol. The number of halogens is 3. The fourth-order valence-corrected chi connectivity index (χ4v) is 3.29. The monoisotopic (exact) mass is 428 g/mol. The minimum Gasteiger partial charge on any atom is -0.420 e. The van der Waals surface area contributed by atoms with Crippen LogP contribution in [0.2, 0.25) is 5.02 Å². The lowest BCUT2D eigenvalue weighted by Crippen LogP contribution is -2.05. The number of hydrogen-bond acceptors (Lipinski definition) is 2. The summed E-state index contributed by atoms with van der Waals surface area (Å²) >= 11 is 8.17. The Kier molecular flexibility index (Phi) is 8.96. The first-order valence-corrected chi connectivity index (χ1v) is 10.4. The zero-order valence-electron chi connectivity index (χ0n) is 11.7. The molecular weight excluding hydrogens is 410 g/mol. The van der Waals surface area contributed by atoms with Crippen LogP contribution in [0.3, 0.4) is 0 Å². The Labute approximate surface area is 142 Å². The van der Waals surface area contributed by atoms with Crippen molar-refractivity contribution in [3.63, 3.8) is 0 Å². The van der Waals surface area contributed by atoms with E-state index < -0.39 is 0 Å². The molecule has 1 aliphatic rings. The molecule has 112 valence electrons. The van der Waals surface area contributed by atoms with E-state index >= 15 is 0 Å². The van der Waals surface area contributed by atoms with Gasteiger partial charge in [-0.05, 0) is 42.5 Å². The van der Waals surface area contributed by atoms with Crippen LogP contribution in [0.15, 0.2) is 30.0 Å². The van der Waals surface area contributed by atoms with Gasteiger partial charge in [-0.3, -0.25) is 0 Å². The third-order valence-corrected chi connectivity index (χ3v) is 4.05. The van der Waals surface area contributed by atoms with E-state index in [0.717, 1.165) is 30.6 Å². The highest BCUT2D eigenvalue weighted by Gasteiger charge is 2.19. The second kappa shape index (κ2) is 9.90. The van der Waals surface area contributed by atoms with Gasteiger partial charge in [0, 0.05) is 32.6 Å². The predicted octanol–water partition coefficient (Wildman–Crippen LogP) is 7.06. The molecule has 1 aliphatic carbocycles. The summed E-state index contributed by atoms with van der Waals surface area (Å²) in [5.74, 6) is 1.11. The van der Waals surface area contributed by atoms with Crippen LogP contribution in [0.25, 0.3) is 0 Å². The molecule has 0 aliphatic heterocycles. The van der Waals surface area contributed by atoms with Crippen LogP contribution in [0.4, 0.5) is 4.39 Å². The van der Waals surface area contributed by atoms with E-state index in [4.69, 9.17) is 15.8 Å². The van der Waals surface area contributed by atoms with E-state index in [1.165, 1.54) is 27.8 Å². The second-order valence-corrected chi connectivity index (χ2v) is 6.44. The van der Waals surface area contributed by atoms with Crippen molar-refractivity contribution in [3.05, 3.63) is 46.4 Å². The Morgan fingerprint density at radius 1 is 1.45 bits per heavy atom. The third-order valence-electron chi connectivity index (χ3n) is 2.91. The van der Waals surface area contributed by atoms with Crippen LogP contribution in [0.1, 0.15) is 51.0 Å². The summed E-state index contributed by atoms with van der Waals surface area (Å²) in [6.07, 6.45) is 6.15. The van der Waals surface area contributed by atoms with Crippen LogP contribution in [0.5, 0.6) is 0 Å². The summed E-state index contributed by atoms with van der Waals surface area (Å²) in [4.78, 5) is 0. The zero-order valence-corrected chi connectivity index (χ0v) is 15.4. The van der Waals surface area contributed by atoms with Crippen molar-refractivity contribution < 1.29 is 8.57 Å². The van der Waals surface area contributed by atoms with Gasteiger partial charge in [-0.2, -0.15) is 0 Å². The van der Waals surface area contributed by atoms with Crippen molar-refractivity contribution in [1.29, 1.82) is 0 Å². The van der Waals surface area contributed by atoms with Gasteiger partial charge >= 0.3 is 0 Å². The lowest BCUT2D eigenvalue weighted by atomic mass is 9.87. The topological polar surface area (TPSA) is 9.23 Å². The third kappa shape index (κ3) is 5.82. The Balaban J connectivity index is 0.000000612. The molecular formula is C15H19ClFIOS. The number of hydrogen-bond donors (Lipinski definition) is 0. The molecule has 0 spiro atoms. The first-order chi connectivity index (χ1) is 9.62. The summed E-state index contributed by atoms with van der Waals surface area (Å²) in [5.41, 5.74) is 1.03. The Bertz CT molecular complexity index is 453. The molecule has 1 nitrogen and oxygen atoms in total. The molecule has 0 N–H and O–H groups in total. The standard InChI is InChI=1S/C12H11ClFIOS.C3H8/c13-12-7-9(14)3-6-11(12)8-1-4-10(5-2-8)16-17-15;1-3-2/h3-4,6-8H,1-2,5H2;3H2,1-2H3. The molecule has 0 radical (unpaired) electrons. The highest BCUT2D eigenvalue weighted by molar-refractivity contribution is 14.2. The summed E-state index contributed by atoms with van der Waals surface area (Å²) in [5, 5.41) is 0.524. The average Bonchev–Trinajstić information content (AvgIpc) is 2.41. The van der Waals surface area contributed by atoms with E-state index in [1.807, 2.05) is 0 Å². The fraction of sp³-hybridized carbons (Fsp3) is 0.467. The maximum atomic E-state index is 13.0. The molecule has 0 bridgehead atoms. The zero-order chi connectivity index (χ0) is 15.0. The van der Waals surface area contributed by atoms with Crippen LogP contribution >= 0.6 is 42.0 Å². The molecule has 1 aromatic carbocycles. The van der Waals surface area contributed by atoms with Gasteiger partial charge in [-0.15, -0.1) is 0 Å². The summed E-state index contributed by atoms with van der Waals surface area (Å²) in [6.45, 7) is 4.25. The normalized spacial score (nSPS) is 17.9. The molecule has 20 heavy (non-hydrogen) atoms. The van der Waals surface area contributed by atoms with E-state index in [9.17, 15) is 4.39 Å². The van der Waals surface area contributed by atoms with Crippen molar-refractivity contribution in [3.8, 4) is 0 Å². The molecule has 1 atom stereocenters. The van der Waals surface area contributed by atoms with Gasteiger partial charge in [0.25, 0.3) is 0 Å². The van der Waals surface area contributed by atoms with Crippen LogP contribution < -0.4 is 0 Å². The van der Waals surface area contributed by atoms with Gasteiger partial charge in [0.2, 0.25) is 0 Å². The second-order valence-electron chi connectivity index (χ2n) is 4.66. The quantitative estimate of drug-likeness (QED) is 0.376. The Hall–Kier alpha value is 0.0600. The molecule has 1 unspecified atom stereocenters. The largest absolute Gasteiger partial charge is 0.420 e. The first-order valence-electron chi connectivity index (χ1n) is 6.71. The van der Waals surface area contributed by atoms with Crippen LogP contribution in [0, 0.1) is 5.82 Å². The molecule has 0 saturated heterocycles. The highest BCUT2D eigenvalue weighted by atomic mass is 127. The molecule has 0 saturated carbocycles. The smallest absolute Gasteiger partial charge is 0.127 e. The van der Waals surface area contributed by atoms with Crippen molar-refractivity contribution >= 4 is 42.0 Å².